The molecule has 0 aliphatic carbocycles. The largest absolute Gasteiger partial charge is 0.478 e. The highest BCUT2D eigenvalue weighted by Gasteiger charge is 2.98. The number of carbonyl (C=O) groups excluding carboxylic acids is 2. The molecule has 78 heavy (non-hydrogen) atoms. The summed E-state index contributed by atoms with van der Waals surface area (Å²) >= 11 is 0. The van der Waals surface area contributed by atoms with Gasteiger partial charge in [0.2, 0.25) is 0 Å². The van der Waals surface area contributed by atoms with Gasteiger partial charge in [-0.2, -0.15) is 158 Å². The van der Waals surface area contributed by atoms with Crippen molar-refractivity contribution in [1.82, 2.24) is 0 Å². The Labute approximate surface area is 405 Å². The van der Waals surface area contributed by atoms with Crippen LogP contribution in [0.1, 0.15) is 34.1 Å². The molecule has 0 spiro atoms. The number of aliphatic carboxylic acids is 2. The van der Waals surface area contributed by atoms with Gasteiger partial charge < -0.3 is 19.7 Å². The Morgan fingerprint density at radius 1 is 0.359 bits per heavy atom. The number of carboxylic acid groups (broad SMARTS) is 2. The summed E-state index contributed by atoms with van der Waals surface area (Å²) in [6.07, 6.45) is -30.2. The average Bonchev–Trinajstić information content (AvgIpc) is 3.21. The monoisotopic (exact) mass is 1240 g/mol. The van der Waals surface area contributed by atoms with Crippen LogP contribution in [0.25, 0.3) is 0 Å². The molecule has 44 heteroatoms. The molecule has 0 aromatic heterocycles. The first kappa shape index (κ1) is 74.9. The van der Waals surface area contributed by atoms with E-state index in [1.807, 2.05) is 0 Å². The van der Waals surface area contributed by atoms with E-state index in [-0.39, 0.29) is 39.8 Å². The van der Waals surface area contributed by atoms with E-state index in [0.717, 1.165) is 0 Å². The molecule has 460 valence electrons. The van der Waals surface area contributed by atoms with Crippen molar-refractivity contribution in [3.63, 3.8) is 0 Å². The molecule has 0 saturated heterocycles. The lowest BCUT2D eigenvalue weighted by Crippen LogP contribution is -2.76. The summed E-state index contributed by atoms with van der Waals surface area (Å²) in [5.74, 6) is -136. The highest BCUT2D eigenvalue weighted by Crippen LogP contribution is 2.67. The van der Waals surface area contributed by atoms with Gasteiger partial charge in [0.25, 0.3) is 0 Å². The number of hydrogen-bond acceptors (Lipinski definition) is 6. The average molecular weight is 1240 g/mol. The predicted molar refractivity (Wildman–Crippen MR) is 174 cm³/mol. The van der Waals surface area contributed by atoms with Crippen molar-refractivity contribution in [2.75, 3.05) is 0 Å². The molecule has 0 rings (SSSR count). The van der Waals surface area contributed by atoms with Crippen LogP contribution in [0.4, 0.5) is 158 Å². The first-order valence-electron chi connectivity index (χ1n) is 18.6. The van der Waals surface area contributed by atoms with Gasteiger partial charge in [-0.1, -0.05) is 27.7 Å². The molecule has 0 aliphatic heterocycles. The van der Waals surface area contributed by atoms with Crippen LogP contribution in [0.5, 0.6) is 0 Å². The van der Waals surface area contributed by atoms with Gasteiger partial charge in [-0.15, -0.1) is 0 Å². The van der Waals surface area contributed by atoms with Gasteiger partial charge in [-0.25, -0.2) is 19.2 Å². The Morgan fingerprint density at radius 3 is 0.897 bits per heavy atom. The predicted octanol–water partition coefficient (Wildman–Crippen LogP) is 13.6. The summed E-state index contributed by atoms with van der Waals surface area (Å²) in [6, 6.07) is 0. The molecule has 2 N–H and O–H groups in total. The van der Waals surface area contributed by atoms with Gasteiger partial charge in [0.15, 0.2) is 6.10 Å². The first-order chi connectivity index (χ1) is 33.5. The van der Waals surface area contributed by atoms with E-state index >= 15 is 0 Å². The molecule has 0 saturated carbocycles. The lowest BCUT2D eigenvalue weighted by molar-refractivity contribution is -0.470. The number of carboxylic acids is 2. The van der Waals surface area contributed by atoms with Gasteiger partial charge in [0, 0.05) is 30.2 Å². The zero-order chi connectivity index (χ0) is 64.1. The van der Waals surface area contributed by atoms with Crippen molar-refractivity contribution in [3.8, 4) is 0 Å². The minimum absolute atomic E-state index is 0.252. The van der Waals surface area contributed by atoms with Crippen molar-refractivity contribution in [2.45, 2.75) is 142 Å². The van der Waals surface area contributed by atoms with Crippen LogP contribution in [0.2, 0.25) is 0 Å². The van der Waals surface area contributed by atoms with Crippen LogP contribution >= 0.6 is 0 Å². The third-order valence-corrected chi connectivity index (χ3v) is 9.38. The second-order valence-electron chi connectivity index (χ2n) is 15.7. The Kier molecular flexibility index (Phi) is 21.2. The molecule has 2 atom stereocenters. The highest BCUT2D eigenvalue weighted by molar-refractivity contribution is 5.91. The molecule has 8 nitrogen and oxygen atoms in total. The smallest absolute Gasteiger partial charge is 0.473 e. The molecule has 0 radical (unpaired) electrons. The number of halogens is 36. The number of alkyl halides is 36. The number of esters is 2. The minimum atomic E-state index is -9.07. The second kappa shape index (κ2) is 22.1. The number of hydrogen-bond donors (Lipinski definition) is 2. The zero-order valence-electron chi connectivity index (χ0n) is 36.8. The van der Waals surface area contributed by atoms with E-state index < -0.39 is 168 Å². The molecule has 0 bridgehead atoms. The molecule has 2 unspecified atom stereocenters. The fraction of sp³-hybridized carbons (Fsp3) is 0.765. The maximum atomic E-state index is 14.3. The van der Waals surface area contributed by atoms with Crippen molar-refractivity contribution < 1.29 is 197 Å². The van der Waals surface area contributed by atoms with Crippen molar-refractivity contribution in [3.05, 3.63) is 24.3 Å². The van der Waals surface area contributed by atoms with Crippen LogP contribution in [0, 0.1) is 17.8 Å². The fourth-order valence-electron chi connectivity index (χ4n) is 5.10. The van der Waals surface area contributed by atoms with Crippen LogP contribution in [0.15, 0.2) is 24.3 Å². The second-order valence-corrected chi connectivity index (χ2v) is 15.7. The summed E-state index contributed by atoms with van der Waals surface area (Å²) in [4.78, 5) is 42.5. The summed E-state index contributed by atoms with van der Waals surface area (Å²) in [5, 5.41) is 16.3. The van der Waals surface area contributed by atoms with Gasteiger partial charge in [-0.3, -0.25) is 0 Å². The van der Waals surface area contributed by atoms with E-state index in [0.29, 0.717) is 0 Å². The van der Waals surface area contributed by atoms with E-state index in [1.54, 1.807) is 0 Å². The van der Waals surface area contributed by atoms with Crippen molar-refractivity contribution in [2.24, 2.45) is 17.8 Å². The highest BCUT2D eigenvalue weighted by atomic mass is 19.4. The minimum Gasteiger partial charge on any atom is -0.478 e. The Balaban J connectivity index is 0. The third-order valence-electron chi connectivity index (χ3n) is 9.38. The quantitative estimate of drug-likeness (QED) is 0.0556. The molecular weight excluding hydrogens is 1220 g/mol. The van der Waals surface area contributed by atoms with Crippen LogP contribution in [-0.2, 0) is 28.7 Å². The summed E-state index contributed by atoms with van der Waals surface area (Å²) < 4.78 is 492. The lowest BCUT2D eigenvalue weighted by Gasteiger charge is -2.44. The van der Waals surface area contributed by atoms with Gasteiger partial charge in [0.1, 0.15) is 0 Å². The molecule has 0 aromatic carbocycles. The zero-order valence-corrected chi connectivity index (χ0v) is 36.8. The fourth-order valence-corrected chi connectivity index (χ4v) is 5.10. The maximum Gasteiger partial charge on any atom is 0.473 e. The van der Waals surface area contributed by atoms with Crippen molar-refractivity contribution in [1.29, 1.82) is 0 Å². The van der Waals surface area contributed by atoms with Crippen LogP contribution < -0.4 is 0 Å². The molecule has 0 amide bonds. The van der Waals surface area contributed by atoms with Gasteiger partial charge >= 0.3 is 125 Å². The topological polar surface area (TPSA) is 127 Å². The molecule has 0 heterocycles. The summed E-state index contributed by atoms with van der Waals surface area (Å²) in [6.45, 7) is 1.05. The SMILES string of the molecule is CC(C)C(CC(F)(F)F)C(F)(F)C(F)(F)C(F)(F)C(F)(F)C(F)(F)C(F)(F)C(F)(F)OC(=O)/C=C/C(=O)O.CC(C)C(OC(=O)/C=C/C(=O)O)C(F)(F)C(F)(F)C(F)(F)C(F)(F)C(F)(F)C(F)(F)C(F)(F)C(F)(F)C(F)(F)F. The Hall–Kier alpha value is -5.16. The van der Waals surface area contributed by atoms with E-state index in [9.17, 15) is 177 Å². The van der Waals surface area contributed by atoms with E-state index in [4.69, 9.17) is 10.2 Å². The summed E-state index contributed by atoms with van der Waals surface area (Å²) in [5.41, 5.74) is 0. The number of carbonyl (C=O) groups is 4. The standard InChI is InChI=1S/C17H11F19O4.C17H13F17O4/c1-5(2)8(40-7(39)4-3-6(37)38)9(18,19)10(20,21)11(22,23)12(24,25)13(26,27)14(28,29)15(30,31)16(32,33)17(34,35)36;1-6(2)7(5-10(18,19)20)11(21,22)12(23,24)13(25,26)14(27,28)15(29,30)16(31,32)17(33,34)38-9(37)4-3-8(35)36/h3-5,8H,1-2H3,(H,37,38);3-4,6-7H,5H2,1-2H3,(H,35,36)/b2*4-3+. The normalized spacial score (nSPS) is 16.3. The number of ether oxygens (including phenoxy) is 2. The van der Waals surface area contributed by atoms with E-state index in [2.05, 4.69) is 9.47 Å². The molecule has 0 aromatic rings. The molecular formula is C34H24F36O8. The van der Waals surface area contributed by atoms with Crippen LogP contribution in [0.3, 0.4) is 0 Å². The number of rotatable bonds is 24. The van der Waals surface area contributed by atoms with E-state index in [1.165, 1.54) is 0 Å². The lowest BCUT2D eigenvalue weighted by atomic mass is 9.79. The third kappa shape index (κ3) is 12.7. The van der Waals surface area contributed by atoms with Crippen molar-refractivity contribution >= 4 is 23.9 Å². The van der Waals surface area contributed by atoms with Gasteiger partial charge in [-0.05, 0) is 11.8 Å². The Bertz CT molecular complexity index is 2190. The first-order valence-corrected chi connectivity index (χ1v) is 18.6. The molecule has 0 aliphatic rings. The van der Waals surface area contributed by atoms with Gasteiger partial charge in [0.05, 0.1) is 6.42 Å². The maximum absolute atomic E-state index is 14.3. The molecule has 0 fully saturated rings. The van der Waals surface area contributed by atoms with Crippen LogP contribution in [-0.4, -0.2) is 142 Å². The Morgan fingerprint density at radius 2 is 0.628 bits per heavy atom. The summed E-state index contributed by atoms with van der Waals surface area (Å²) in [7, 11) is 0.